The maximum atomic E-state index is 14.4. The summed E-state index contributed by atoms with van der Waals surface area (Å²) in [7, 11) is 0. The Bertz CT molecular complexity index is 702. The van der Waals surface area contributed by atoms with Crippen LogP contribution in [0, 0.1) is 12.7 Å². The molecule has 0 saturated carbocycles. The quantitative estimate of drug-likeness (QED) is 0.771. The minimum absolute atomic E-state index is 0.00477. The average molecular weight is 305 g/mol. The van der Waals surface area contributed by atoms with Crippen molar-refractivity contribution >= 4 is 17.7 Å². The first-order valence-corrected chi connectivity index (χ1v) is 7.09. The first-order chi connectivity index (χ1) is 10.4. The molecule has 2 aliphatic rings. The van der Waals surface area contributed by atoms with Gasteiger partial charge >= 0.3 is 0 Å². The lowest BCUT2D eigenvalue weighted by Gasteiger charge is -2.29. The van der Waals surface area contributed by atoms with Crippen LogP contribution in [-0.4, -0.2) is 28.7 Å². The summed E-state index contributed by atoms with van der Waals surface area (Å²) in [5, 5.41) is 2.22. The topological polar surface area (TPSA) is 92.5 Å². The SMILES string of the molecule is Cc1cc(CN)c(F)c2c1CN(C1CCC(=O)NC1=O)C2=O. The van der Waals surface area contributed by atoms with Gasteiger partial charge in [-0.05, 0) is 24.5 Å². The fourth-order valence-electron chi connectivity index (χ4n) is 3.09. The Morgan fingerprint density at radius 2 is 2.14 bits per heavy atom. The fourth-order valence-corrected chi connectivity index (χ4v) is 3.09. The number of nitrogens with two attached hydrogens (primary N) is 1. The molecule has 2 aliphatic heterocycles. The third-order valence-corrected chi connectivity index (χ3v) is 4.28. The van der Waals surface area contributed by atoms with Gasteiger partial charge in [0.15, 0.2) is 0 Å². The summed E-state index contributed by atoms with van der Waals surface area (Å²) in [6.45, 7) is 1.97. The minimum Gasteiger partial charge on any atom is -0.326 e. The smallest absolute Gasteiger partial charge is 0.258 e. The van der Waals surface area contributed by atoms with E-state index in [1.165, 1.54) is 4.90 Å². The molecule has 1 fully saturated rings. The molecule has 1 atom stereocenters. The third kappa shape index (κ3) is 2.09. The lowest BCUT2D eigenvalue weighted by Crippen LogP contribution is -2.52. The van der Waals surface area contributed by atoms with Crippen LogP contribution in [0.1, 0.15) is 39.9 Å². The van der Waals surface area contributed by atoms with Crippen LogP contribution < -0.4 is 11.1 Å². The summed E-state index contributed by atoms with van der Waals surface area (Å²) in [5.41, 5.74) is 7.16. The summed E-state index contributed by atoms with van der Waals surface area (Å²) in [6, 6.07) is 0.896. The second kappa shape index (κ2) is 5.17. The standard InChI is InChI=1S/C15H16FN3O3/c1-7-4-8(5-17)13(16)12-9(7)6-19(15(12)22)10-2-3-11(20)18-14(10)21/h4,10H,2-3,5-6,17H2,1H3,(H,18,20,21). The zero-order chi connectivity index (χ0) is 16.0. The highest BCUT2D eigenvalue weighted by atomic mass is 19.1. The van der Waals surface area contributed by atoms with Crippen LogP contribution in [0.2, 0.25) is 0 Å². The highest BCUT2D eigenvalue weighted by Gasteiger charge is 2.41. The lowest BCUT2D eigenvalue weighted by molar-refractivity contribution is -0.136. The van der Waals surface area contributed by atoms with E-state index in [1.54, 1.807) is 13.0 Å². The maximum absolute atomic E-state index is 14.4. The van der Waals surface area contributed by atoms with Crippen molar-refractivity contribution in [3.8, 4) is 0 Å². The predicted octanol–water partition coefficient (Wildman–Crippen LogP) is 0.354. The van der Waals surface area contributed by atoms with Crippen LogP contribution >= 0.6 is 0 Å². The molecule has 1 aromatic carbocycles. The van der Waals surface area contributed by atoms with Gasteiger partial charge in [-0.1, -0.05) is 6.07 Å². The third-order valence-electron chi connectivity index (χ3n) is 4.28. The van der Waals surface area contributed by atoms with E-state index in [2.05, 4.69) is 5.32 Å². The van der Waals surface area contributed by atoms with Crippen LogP contribution in [0.4, 0.5) is 4.39 Å². The van der Waals surface area contributed by atoms with Crippen molar-refractivity contribution < 1.29 is 18.8 Å². The summed E-state index contributed by atoms with van der Waals surface area (Å²) >= 11 is 0. The van der Waals surface area contributed by atoms with Gasteiger partial charge in [-0.2, -0.15) is 0 Å². The zero-order valence-corrected chi connectivity index (χ0v) is 12.1. The molecule has 22 heavy (non-hydrogen) atoms. The van der Waals surface area contributed by atoms with Crippen LogP contribution in [0.5, 0.6) is 0 Å². The molecule has 1 saturated heterocycles. The second-order valence-electron chi connectivity index (χ2n) is 5.62. The summed E-state index contributed by atoms with van der Waals surface area (Å²) < 4.78 is 14.4. The molecule has 2 heterocycles. The van der Waals surface area contributed by atoms with Crippen molar-refractivity contribution in [3.05, 3.63) is 34.1 Å². The second-order valence-corrected chi connectivity index (χ2v) is 5.62. The summed E-state index contributed by atoms with van der Waals surface area (Å²) in [4.78, 5) is 37.0. The predicted molar refractivity (Wildman–Crippen MR) is 75.1 cm³/mol. The van der Waals surface area contributed by atoms with Gasteiger partial charge < -0.3 is 10.6 Å². The van der Waals surface area contributed by atoms with Crippen molar-refractivity contribution in [3.63, 3.8) is 0 Å². The van der Waals surface area contributed by atoms with Gasteiger partial charge in [-0.25, -0.2) is 4.39 Å². The summed E-state index contributed by atoms with van der Waals surface area (Å²) in [6.07, 6.45) is 0.431. The highest BCUT2D eigenvalue weighted by molar-refractivity contribution is 6.05. The number of imide groups is 1. The number of amides is 3. The van der Waals surface area contributed by atoms with E-state index in [0.717, 1.165) is 5.56 Å². The van der Waals surface area contributed by atoms with Gasteiger partial charge in [0.2, 0.25) is 11.8 Å². The number of carbonyl (C=O) groups excluding carboxylic acids is 3. The Morgan fingerprint density at radius 1 is 1.41 bits per heavy atom. The Morgan fingerprint density at radius 3 is 2.77 bits per heavy atom. The number of piperidine rings is 1. The summed E-state index contributed by atoms with van der Waals surface area (Å²) in [5.74, 6) is -1.98. The van der Waals surface area contributed by atoms with Gasteiger partial charge in [-0.15, -0.1) is 0 Å². The van der Waals surface area contributed by atoms with E-state index in [1.807, 2.05) is 0 Å². The number of rotatable bonds is 2. The largest absolute Gasteiger partial charge is 0.326 e. The maximum Gasteiger partial charge on any atom is 0.258 e. The molecule has 0 aromatic heterocycles. The van der Waals surface area contributed by atoms with Crippen molar-refractivity contribution in [2.75, 3.05) is 0 Å². The number of nitrogens with one attached hydrogen (secondary N) is 1. The van der Waals surface area contributed by atoms with Gasteiger partial charge in [0.05, 0.1) is 5.56 Å². The molecule has 0 spiro atoms. The van der Waals surface area contributed by atoms with E-state index in [0.29, 0.717) is 5.56 Å². The number of hydrogen-bond donors (Lipinski definition) is 2. The number of nitrogens with zero attached hydrogens (tertiary/aromatic N) is 1. The number of fused-ring (bicyclic) bond motifs is 1. The van der Waals surface area contributed by atoms with E-state index < -0.39 is 23.7 Å². The molecule has 0 bridgehead atoms. The van der Waals surface area contributed by atoms with Crippen LogP contribution in [0.25, 0.3) is 0 Å². The van der Waals surface area contributed by atoms with Crippen molar-refractivity contribution in [1.29, 1.82) is 0 Å². The first kappa shape index (κ1) is 14.6. The Balaban J connectivity index is 1.98. The molecule has 0 radical (unpaired) electrons. The van der Waals surface area contributed by atoms with Gasteiger partial charge in [0.1, 0.15) is 11.9 Å². The van der Waals surface area contributed by atoms with Gasteiger partial charge in [0.25, 0.3) is 5.91 Å². The fraction of sp³-hybridized carbons (Fsp3) is 0.400. The van der Waals surface area contributed by atoms with Gasteiger partial charge in [0, 0.05) is 25.1 Å². The molecule has 3 N–H and O–H groups in total. The van der Waals surface area contributed by atoms with Crippen LogP contribution in [0.15, 0.2) is 6.07 Å². The molecule has 1 unspecified atom stereocenters. The van der Waals surface area contributed by atoms with E-state index in [9.17, 15) is 18.8 Å². The number of aryl methyl sites for hydroxylation is 1. The van der Waals surface area contributed by atoms with E-state index in [-0.39, 0.29) is 43.0 Å². The number of hydrogen-bond acceptors (Lipinski definition) is 4. The highest BCUT2D eigenvalue weighted by Crippen LogP contribution is 2.32. The number of carbonyl (C=O) groups is 3. The van der Waals surface area contributed by atoms with Crippen LogP contribution in [-0.2, 0) is 22.7 Å². The Kier molecular flexibility index (Phi) is 3.44. The normalized spacial score (nSPS) is 21.1. The lowest BCUT2D eigenvalue weighted by atomic mass is 9.99. The molecule has 3 rings (SSSR count). The van der Waals surface area contributed by atoms with Crippen LogP contribution in [0.3, 0.4) is 0 Å². The molecule has 7 heteroatoms. The first-order valence-electron chi connectivity index (χ1n) is 7.09. The molecular weight excluding hydrogens is 289 g/mol. The molecular formula is C15H16FN3O3. The molecule has 116 valence electrons. The number of halogens is 1. The van der Waals surface area contributed by atoms with Crippen molar-refractivity contribution in [2.24, 2.45) is 5.73 Å². The van der Waals surface area contributed by atoms with E-state index in [4.69, 9.17) is 5.73 Å². The Labute approximate surface area is 126 Å². The van der Waals surface area contributed by atoms with Crippen molar-refractivity contribution in [2.45, 2.75) is 38.9 Å². The van der Waals surface area contributed by atoms with Gasteiger partial charge in [-0.3, -0.25) is 19.7 Å². The van der Waals surface area contributed by atoms with Crippen molar-refractivity contribution in [1.82, 2.24) is 10.2 Å². The average Bonchev–Trinajstić information content (AvgIpc) is 2.81. The molecule has 0 aliphatic carbocycles. The van der Waals surface area contributed by atoms with E-state index >= 15 is 0 Å². The zero-order valence-electron chi connectivity index (χ0n) is 12.1. The minimum atomic E-state index is -0.738. The number of benzene rings is 1. The molecule has 6 nitrogen and oxygen atoms in total. The molecule has 1 aromatic rings. The molecule has 3 amide bonds. The Hall–Kier alpha value is -2.28. The monoisotopic (exact) mass is 305 g/mol.